The largest absolute Gasteiger partial charge is 0.444 e. The fraction of sp³-hybridized carbons (Fsp3) is 0.583. The summed E-state index contributed by atoms with van der Waals surface area (Å²) in [6, 6.07) is 8.78. The van der Waals surface area contributed by atoms with Gasteiger partial charge in [0.25, 0.3) is 0 Å². The minimum atomic E-state index is -0.485. The van der Waals surface area contributed by atoms with Crippen molar-refractivity contribution in [1.82, 2.24) is 14.9 Å². The molecule has 2 aliphatic carbocycles. The van der Waals surface area contributed by atoms with Gasteiger partial charge in [-0.25, -0.2) is 9.78 Å². The Bertz CT molecular complexity index is 953. The number of amides is 1. The van der Waals surface area contributed by atoms with Crippen LogP contribution in [0.3, 0.4) is 0 Å². The molecule has 0 bridgehead atoms. The lowest BCUT2D eigenvalue weighted by atomic mass is 9.51. The van der Waals surface area contributed by atoms with Gasteiger partial charge in [-0.05, 0) is 63.9 Å². The lowest BCUT2D eigenvalue weighted by Gasteiger charge is -2.57. The monoisotopic (exact) mass is 409 g/mol. The molecular formula is C24H31N3O3. The smallest absolute Gasteiger partial charge is 0.407 e. The third kappa shape index (κ3) is 3.13. The van der Waals surface area contributed by atoms with Crippen molar-refractivity contribution in [3.05, 3.63) is 42.4 Å². The molecule has 1 amide bonds. The molecule has 5 rings (SSSR count). The van der Waals surface area contributed by atoms with Crippen molar-refractivity contribution < 1.29 is 14.6 Å². The van der Waals surface area contributed by atoms with Gasteiger partial charge in [-0.3, -0.25) is 0 Å². The molecule has 2 fully saturated rings. The number of imidazole rings is 1. The van der Waals surface area contributed by atoms with Crippen LogP contribution in [0.2, 0.25) is 0 Å². The van der Waals surface area contributed by atoms with E-state index in [1.54, 1.807) is 0 Å². The molecule has 0 radical (unpaired) electrons. The van der Waals surface area contributed by atoms with E-state index in [1.165, 1.54) is 11.1 Å². The minimum absolute atomic E-state index is 0.0188. The van der Waals surface area contributed by atoms with Gasteiger partial charge in [0.15, 0.2) is 0 Å². The van der Waals surface area contributed by atoms with E-state index >= 15 is 0 Å². The van der Waals surface area contributed by atoms with Crippen molar-refractivity contribution in [1.29, 1.82) is 0 Å². The van der Waals surface area contributed by atoms with Gasteiger partial charge in [-0.15, -0.1) is 0 Å². The van der Waals surface area contributed by atoms with Gasteiger partial charge in [-0.1, -0.05) is 24.3 Å². The summed E-state index contributed by atoms with van der Waals surface area (Å²) in [5.74, 6) is 0.206. The average Bonchev–Trinajstić information content (AvgIpc) is 3.27. The maximum Gasteiger partial charge on any atom is 0.407 e. The fourth-order valence-corrected chi connectivity index (χ4v) is 5.90. The van der Waals surface area contributed by atoms with Gasteiger partial charge in [0, 0.05) is 17.5 Å². The Kier molecular flexibility index (Phi) is 4.47. The van der Waals surface area contributed by atoms with Crippen molar-refractivity contribution in [3.8, 4) is 11.3 Å². The summed E-state index contributed by atoms with van der Waals surface area (Å²) >= 11 is 0. The standard InChI is InChI=1S/C24H31N3O3/c1-23(2,3)30-22(29)26-15-8-10-24(11-9-15)12-18(21(24)28)20-17-7-5-4-6-16(17)19-13-25-14-27(19)20/h4-7,13-15,18,20-21,28H,8-12H2,1-3H3,(H,26,29)/t15?,18-,20-,21+,24?/m1/s1. The number of aliphatic hydroxyl groups is 1. The normalized spacial score (nSPS) is 32.3. The molecule has 0 saturated heterocycles. The second-order valence-electron chi connectivity index (χ2n) is 10.3. The third-order valence-corrected chi connectivity index (χ3v) is 7.30. The predicted molar refractivity (Wildman–Crippen MR) is 114 cm³/mol. The Labute approximate surface area is 177 Å². The summed E-state index contributed by atoms with van der Waals surface area (Å²) < 4.78 is 7.63. The molecule has 1 aromatic carbocycles. The molecule has 160 valence electrons. The summed E-state index contributed by atoms with van der Waals surface area (Å²) in [5.41, 5.74) is 3.18. The van der Waals surface area contributed by atoms with Crippen molar-refractivity contribution in [2.45, 2.75) is 76.7 Å². The van der Waals surface area contributed by atoms with Crippen molar-refractivity contribution in [3.63, 3.8) is 0 Å². The predicted octanol–water partition coefficient (Wildman–Crippen LogP) is 4.29. The zero-order valence-corrected chi connectivity index (χ0v) is 18.0. The number of hydrogen-bond acceptors (Lipinski definition) is 4. The molecule has 1 aliphatic heterocycles. The average molecular weight is 410 g/mol. The Morgan fingerprint density at radius 3 is 2.70 bits per heavy atom. The van der Waals surface area contributed by atoms with Crippen molar-refractivity contribution >= 4 is 6.09 Å². The number of rotatable bonds is 2. The number of ether oxygens (including phenoxy) is 1. The number of hydrogen-bond donors (Lipinski definition) is 2. The molecule has 2 N–H and O–H groups in total. The Hall–Kier alpha value is -2.34. The van der Waals surface area contributed by atoms with Gasteiger partial charge < -0.3 is 19.7 Å². The molecule has 1 spiro atoms. The van der Waals surface area contributed by atoms with E-state index in [1.807, 2.05) is 33.3 Å². The first kappa shape index (κ1) is 19.6. The van der Waals surface area contributed by atoms with E-state index in [2.05, 4.69) is 39.1 Å². The summed E-state index contributed by atoms with van der Waals surface area (Å²) in [6.07, 6.45) is 7.83. The van der Waals surface area contributed by atoms with Crippen LogP contribution in [-0.2, 0) is 4.74 Å². The quantitative estimate of drug-likeness (QED) is 0.776. The zero-order chi connectivity index (χ0) is 21.1. The van der Waals surface area contributed by atoms with E-state index in [0.717, 1.165) is 37.8 Å². The van der Waals surface area contributed by atoms with Gasteiger partial charge >= 0.3 is 6.09 Å². The van der Waals surface area contributed by atoms with Gasteiger partial charge in [0.1, 0.15) is 5.60 Å². The number of alkyl carbamates (subject to hydrolysis) is 1. The molecule has 3 atom stereocenters. The van der Waals surface area contributed by atoms with Gasteiger partial charge in [-0.2, -0.15) is 0 Å². The van der Waals surface area contributed by atoms with Crippen LogP contribution in [0.25, 0.3) is 11.3 Å². The second-order valence-corrected chi connectivity index (χ2v) is 10.3. The molecule has 1 aromatic heterocycles. The number of benzene rings is 1. The van der Waals surface area contributed by atoms with Crippen LogP contribution >= 0.6 is 0 Å². The van der Waals surface area contributed by atoms with E-state index in [-0.39, 0.29) is 35.6 Å². The lowest BCUT2D eigenvalue weighted by molar-refractivity contribution is -0.152. The number of nitrogens with one attached hydrogen (secondary N) is 1. The highest BCUT2D eigenvalue weighted by atomic mass is 16.6. The first-order chi connectivity index (χ1) is 14.3. The highest BCUT2D eigenvalue weighted by Crippen LogP contribution is 2.60. The topological polar surface area (TPSA) is 76.4 Å². The molecule has 0 unspecified atom stereocenters. The summed E-state index contributed by atoms with van der Waals surface area (Å²) in [4.78, 5) is 16.4. The number of aliphatic hydroxyl groups excluding tert-OH is 1. The van der Waals surface area contributed by atoms with Crippen LogP contribution in [0.5, 0.6) is 0 Å². The molecule has 2 saturated carbocycles. The molecule has 3 aliphatic rings. The number of carbonyl (C=O) groups excluding carboxylic acids is 1. The Morgan fingerprint density at radius 1 is 1.27 bits per heavy atom. The third-order valence-electron chi connectivity index (χ3n) is 7.30. The van der Waals surface area contributed by atoms with Gasteiger partial charge in [0.05, 0.1) is 30.4 Å². The van der Waals surface area contributed by atoms with Crippen LogP contribution in [0.4, 0.5) is 4.79 Å². The van der Waals surface area contributed by atoms with E-state index in [4.69, 9.17) is 4.74 Å². The number of aromatic nitrogens is 2. The first-order valence-electron chi connectivity index (χ1n) is 11.1. The number of nitrogens with zero attached hydrogens (tertiary/aromatic N) is 2. The molecule has 6 heteroatoms. The lowest BCUT2D eigenvalue weighted by Crippen LogP contribution is -2.58. The maximum absolute atomic E-state index is 12.1. The van der Waals surface area contributed by atoms with Crippen LogP contribution < -0.4 is 5.32 Å². The number of fused-ring (bicyclic) bond motifs is 3. The molecule has 2 aromatic rings. The first-order valence-corrected chi connectivity index (χ1v) is 11.1. The molecule has 6 nitrogen and oxygen atoms in total. The number of carbonyl (C=O) groups is 1. The Morgan fingerprint density at radius 2 is 2.00 bits per heavy atom. The maximum atomic E-state index is 12.1. The summed E-state index contributed by atoms with van der Waals surface area (Å²) in [5, 5.41) is 14.3. The van der Waals surface area contributed by atoms with Crippen LogP contribution in [0.15, 0.2) is 36.8 Å². The Balaban J connectivity index is 1.24. The SMILES string of the molecule is CC(C)(C)OC(=O)NC1CCC2(CC1)C[C@H]([C@H]1c3ccccc3-c3cncn31)[C@@H]2O. The van der Waals surface area contributed by atoms with Crippen molar-refractivity contribution in [2.75, 3.05) is 0 Å². The van der Waals surface area contributed by atoms with E-state index in [9.17, 15) is 9.90 Å². The molecule has 30 heavy (non-hydrogen) atoms. The summed E-state index contributed by atoms with van der Waals surface area (Å²) in [6.45, 7) is 5.63. The van der Waals surface area contributed by atoms with Crippen molar-refractivity contribution in [2.24, 2.45) is 11.3 Å². The van der Waals surface area contributed by atoms with Crippen LogP contribution in [-0.4, -0.2) is 38.5 Å². The molecule has 2 heterocycles. The highest BCUT2D eigenvalue weighted by molar-refractivity contribution is 5.69. The highest BCUT2D eigenvalue weighted by Gasteiger charge is 2.57. The molecular weight excluding hydrogens is 378 g/mol. The zero-order valence-electron chi connectivity index (χ0n) is 18.0. The fourth-order valence-electron chi connectivity index (χ4n) is 5.90. The van der Waals surface area contributed by atoms with Crippen LogP contribution in [0.1, 0.15) is 64.5 Å². The van der Waals surface area contributed by atoms with Gasteiger partial charge in [0.2, 0.25) is 0 Å². The minimum Gasteiger partial charge on any atom is -0.444 e. The summed E-state index contributed by atoms with van der Waals surface area (Å²) in [7, 11) is 0. The van der Waals surface area contributed by atoms with E-state index in [0.29, 0.717) is 0 Å². The second kappa shape index (κ2) is 6.84. The van der Waals surface area contributed by atoms with E-state index < -0.39 is 5.60 Å². The van der Waals surface area contributed by atoms with Crippen LogP contribution in [0, 0.1) is 11.3 Å².